The molecule has 2 aromatic carbocycles. The molecule has 0 radical (unpaired) electrons. The van der Waals surface area contributed by atoms with Crippen molar-refractivity contribution < 1.29 is 13.2 Å². The lowest BCUT2D eigenvalue weighted by atomic mass is 10.1. The average Bonchev–Trinajstić information content (AvgIpc) is 2.84. The number of benzene rings is 2. The fourth-order valence-electron chi connectivity index (χ4n) is 3.36. The van der Waals surface area contributed by atoms with Gasteiger partial charge in [-0.05, 0) is 42.0 Å². The average molecular weight is 450 g/mol. The van der Waals surface area contributed by atoms with Crippen LogP contribution in [-0.4, -0.2) is 55.4 Å². The lowest BCUT2D eigenvalue weighted by Gasteiger charge is -2.34. The zero-order valence-electron chi connectivity index (χ0n) is 17.3. The predicted octanol–water partition coefficient (Wildman–Crippen LogP) is 2.85. The Bertz CT molecular complexity index is 1180. The second kappa shape index (κ2) is 9.61. The minimum absolute atomic E-state index is 0.0861. The molecular formula is C23H23N5O3S. The molecule has 0 bridgehead atoms. The van der Waals surface area contributed by atoms with Gasteiger partial charge in [0.2, 0.25) is 5.95 Å². The molecule has 1 aliphatic heterocycles. The number of carbonyl (C=O) groups excluding carboxylic acids is 1. The second-order valence-electron chi connectivity index (χ2n) is 7.27. The number of sulfonamides is 1. The van der Waals surface area contributed by atoms with Crippen LogP contribution < -0.4 is 9.62 Å². The van der Waals surface area contributed by atoms with Crippen LogP contribution in [0.2, 0.25) is 0 Å². The third-order valence-corrected chi connectivity index (χ3v) is 6.05. The molecule has 3 aromatic rings. The highest BCUT2D eigenvalue weighted by atomic mass is 32.2. The number of nitrogens with one attached hydrogen (secondary N) is 1. The van der Waals surface area contributed by atoms with Gasteiger partial charge in [0.25, 0.3) is 15.9 Å². The van der Waals surface area contributed by atoms with E-state index in [2.05, 4.69) is 14.7 Å². The molecule has 1 saturated heterocycles. The molecule has 9 heteroatoms. The van der Waals surface area contributed by atoms with Gasteiger partial charge in [0.1, 0.15) is 0 Å². The third kappa shape index (κ3) is 5.50. The van der Waals surface area contributed by atoms with E-state index in [1.165, 1.54) is 6.08 Å². The summed E-state index contributed by atoms with van der Waals surface area (Å²) in [5.74, 6) is 0.578. The Morgan fingerprint density at radius 2 is 1.53 bits per heavy atom. The number of anilines is 2. The maximum absolute atomic E-state index is 12.8. The highest BCUT2D eigenvalue weighted by molar-refractivity contribution is 7.95. The van der Waals surface area contributed by atoms with Gasteiger partial charge in [0.15, 0.2) is 0 Å². The molecule has 1 aliphatic rings. The SMILES string of the molecule is O=C(c1ccc(NS(=O)(=O)/C=C/c2ccccc2)cc1)N1CCN(c2ncccn2)CC1. The summed E-state index contributed by atoms with van der Waals surface area (Å²) in [6, 6.07) is 17.4. The van der Waals surface area contributed by atoms with Crippen molar-refractivity contribution in [2.24, 2.45) is 0 Å². The zero-order chi connectivity index (χ0) is 22.4. The minimum atomic E-state index is -3.66. The van der Waals surface area contributed by atoms with E-state index in [4.69, 9.17) is 0 Å². The maximum Gasteiger partial charge on any atom is 0.255 e. The molecule has 1 aromatic heterocycles. The monoisotopic (exact) mass is 449 g/mol. The van der Waals surface area contributed by atoms with Crippen LogP contribution >= 0.6 is 0 Å². The Labute approximate surface area is 187 Å². The Hall–Kier alpha value is -3.72. The first-order valence-corrected chi connectivity index (χ1v) is 11.7. The molecule has 32 heavy (non-hydrogen) atoms. The van der Waals surface area contributed by atoms with Crippen molar-refractivity contribution >= 4 is 33.6 Å². The largest absolute Gasteiger partial charge is 0.337 e. The van der Waals surface area contributed by atoms with Crippen molar-refractivity contribution in [2.45, 2.75) is 0 Å². The van der Waals surface area contributed by atoms with Gasteiger partial charge in [-0.2, -0.15) is 0 Å². The van der Waals surface area contributed by atoms with Crippen molar-refractivity contribution in [1.29, 1.82) is 0 Å². The normalized spacial score (nSPS) is 14.5. The van der Waals surface area contributed by atoms with Crippen LogP contribution in [0.25, 0.3) is 6.08 Å². The quantitative estimate of drug-likeness (QED) is 0.622. The highest BCUT2D eigenvalue weighted by Gasteiger charge is 2.23. The van der Waals surface area contributed by atoms with Gasteiger partial charge in [-0.3, -0.25) is 9.52 Å². The molecule has 2 heterocycles. The number of aromatic nitrogens is 2. The fraction of sp³-hybridized carbons (Fsp3) is 0.174. The molecule has 1 amide bonds. The molecular weight excluding hydrogens is 426 g/mol. The van der Waals surface area contributed by atoms with E-state index in [0.29, 0.717) is 43.4 Å². The van der Waals surface area contributed by atoms with Gasteiger partial charge in [0, 0.05) is 49.8 Å². The number of amides is 1. The molecule has 0 saturated carbocycles. The lowest BCUT2D eigenvalue weighted by Crippen LogP contribution is -2.49. The summed E-state index contributed by atoms with van der Waals surface area (Å²) >= 11 is 0. The third-order valence-electron chi connectivity index (χ3n) is 5.03. The first-order chi connectivity index (χ1) is 15.5. The summed E-state index contributed by atoms with van der Waals surface area (Å²) in [6.07, 6.45) is 4.93. The van der Waals surface area contributed by atoms with Crippen molar-refractivity contribution in [1.82, 2.24) is 14.9 Å². The van der Waals surface area contributed by atoms with Gasteiger partial charge in [-0.15, -0.1) is 0 Å². The Balaban J connectivity index is 1.34. The summed E-state index contributed by atoms with van der Waals surface area (Å²) in [5.41, 5.74) is 1.69. The topological polar surface area (TPSA) is 95.5 Å². The zero-order valence-corrected chi connectivity index (χ0v) is 18.1. The van der Waals surface area contributed by atoms with Gasteiger partial charge >= 0.3 is 0 Å². The van der Waals surface area contributed by atoms with Crippen molar-refractivity contribution in [3.8, 4) is 0 Å². The molecule has 4 rings (SSSR count). The molecule has 0 aliphatic carbocycles. The number of nitrogens with zero attached hydrogens (tertiary/aromatic N) is 4. The van der Waals surface area contributed by atoms with Crippen LogP contribution in [-0.2, 0) is 10.0 Å². The first kappa shape index (κ1) is 21.5. The minimum Gasteiger partial charge on any atom is -0.337 e. The van der Waals surface area contributed by atoms with Crippen LogP contribution in [0.4, 0.5) is 11.6 Å². The molecule has 0 spiro atoms. The van der Waals surface area contributed by atoms with E-state index < -0.39 is 10.0 Å². The number of hydrogen-bond acceptors (Lipinski definition) is 6. The summed E-state index contributed by atoms with van der Waals surface area (Å²) in [7, 11) is -3.66. The smallest absolute Gasteiger partial charge is 0.255 e. The number of carbonyl (C=O) groups is 1. The van der Waals surface area contributed by atoms with Crippen LogP contribution in [0, 0.1) is 0 Å². The summed E-state index contributed by atoms with van der Waals surface area (Å²) in [6.45, 7) is 2.44. The summed E-state index contributed by atoms with van der Waals surface area (Å²) in [5, 5.41) is 1.12. The van der Waals surface area contributed by atoms with Crippen LogP contribution in [0.1, 0.15) is 15.9 Å². The Kier molecular flexibility index (Phi) is 6.46. The van der Waals surface area contributed by atoms with Crippen molar-refractivity contribution in [3.05, 3.63) is 89.6 Å². The predicted molar refractivity (Wildman–Crippen MR) is 125 cm³/mol. The lowest BCUT2D eigenvalue weighted by molar-refractivity contribution is 0.0746. The van der Waals surface area contributed by atoms with E-state index in [9.17, 15) is 13.2 Å². The summed E-state index contributed by atoms with van der Waals surface area (Å²) < 4.78 is 27.1. The highest BCUT2D eigenvalue weighted by Crippen LogP contribution is 2.16. The Morgan fingerprint density at radius 1 is 0.875 bits per heavy atom. The molecule has 1 fully saturated rings. The molecule has 0 unspecified atom stereocenters. The summed E-state index contributed by atoms with van der Waals surface area (Å²) in [4.78, 5) is 25.2. The van der Waals surface area contributed by atoms with Crippen LogP contribution in [0.15, 0.2) is 78.5 Å². The molecule has 8 nitrogen and oxygen atoms in total. The van der Waals surface area contributed by atoms with Gasteiger partial charge in [0.05, 0.1) is 5.41 Å². The Morgan fingerprint density at radius 3 is 2.19 bits per heavy atom. The van der Waals surface area contributed by atoms with E-state index in [1.54, 1.807) is 47.6 Å². The number of hydrogen-bond donors (Lipinski definition) is 1. The number of rotatable bonds is 6. The van der Waals surface area contributed by atoms with Gasteiger partial charge < -0.3 is 9.80 Å². The molecule has 1 N–H and O–H groups in total. The van der Waals surface area contributed by atoms with Crippen LogP contribution in [0.3, 0.4) is 0 Å². The van der Waals surface area contributed by atoms with Crippen molar-refractivity contribution in [3.63, 3.8) is 0 Å². The van der Waals surface area contributed by atoms with Crippen molar-refractivity contribution in [2.75, 3.05) is 35.8 Å². The number of piperazine rings is 1. The standard InChI is InChI=1S/C23H23N5O3S/c29-22(27-14-16-28(17-15-27)23-24-12-4-13-25-23)20-7-9-21(10-8-20)26-32(30,31)18-11-19-5-2-1-3-6-19/h1-13,18,26H,14-17H2/b18-11+. The first-order valence-electron chi connectivity index (χ1n) is 10.2. The van der Waals surface area contributed by atoms with E-state index in [0.717, 1.165) is 11.0 Å². The van der Waals surface area contributed by atoms with E-state index >= 15 is 0 Å². The van der Waals surface area contributed by atoms with Crippen LogP contribution in [0.5, 0.6) is 0 Å². The molecule has 164 valence electrons. The van der Waals surface area contributed by atoms with Gasteiger partial charge in [-0.1, -0.05) is 30.3 Å². The molecule has 0 atom stereocenters. The van der Waals surface area contributed by atoms with Gasteiger partial charge in [-0.25, -0.2) is 18.4 Å². The maximum atomic E-state index is 12.8. The second-order valence-corrected chi connectivity index (χ2v) is 8.83. The fourth-order valence-corrected chi connectivity index (χ4v) is 4.23. The van der Waals surface area contributed by atoms with E-state index in [1.807, 2.05) is 35.2 Å². The van der Waals surface area contributed by atoms with E-state index in [-0.39, 0.29) is 5.91 Å².